The lowest BCUT2D eigenvalue weighted by molar-refractivity contribution is -0.116. The van der Waals surface area contributed by atoms with E-state index in [1.54, 1.807) is 13.1 Å². The Morgan fingerprint density at radius 3 is 2.38 bits per heavy atom. The van der Waals surface area contributed by atoms with Crippen molar-refractivity contribution in [3.63, 3.8) is 0 Å². The normalized spacial score (nSPS) is 10.5. The van der Waals surface area contributed by atoms with Crippen LogP contribution in [0.3, 0.4) is 0 Å². The van der Waals surface area contributed by atoms with Gasteiger partial charge in [-0.25, -0.2) is 0 Å². The molecule has 0 aliphatic carbocycles. The Hall–Kier alpha value is -3.14. The van der Waals surface area contributed by atoms with Gasteiger partial charge in [-0.15, -0.1) is 0 Å². The molecule has 3 aromatic carbocycles. The molecule has 0 heterocycles. The number of carbonyl (C=O) groups excluding carboxylic acids is 2. The third-order valence-corrected chi connectivity index (χ3v) is 4.40. The van der Waals surface area contributed by atoms with Crippen LogP contribution in [-0.4, -0.2) is 30.3 Å². The van der Waals surface area contributed by atoms with Crippen LogP contribution in [0.2, 0.25) is 0 Å². The summed E-state index contributed by atoms with van der Waals surface area (Å²) in [6.45, 7) is 2.05. The van der Waals surface area contributed by atoms with Gasteiger partial charge < -0.3 is 10.2 Å². The topological polar surface area (TPSA) is 49.4 Å². The molecule has 4 heteroatoms. The highest BCUT2D eigenvalue weighted by atomic mass is 16.2. The van der Waals surface area contributed by atoms with Crippen molar-refractivity contribution >= 4 is 28.3 Å². The van der Waals surface area contributed by atoms with E-state index in [-0.39, 0.29) is 18.4 Å². The molecule has 0 saturated carbocycles. The average Bonchev–Trinajstić information content (AvgIpc) is 2.67. The molecule has 0 aliphatic heterocycles. The molecule has 0 fully saturated rings. The summed E-state index contributed by atoms with van der Waals surface area (Å²) in [7, 11) is 1.64. The van der Waals surface area contributed by atoms with Crippen molar-refractivity contribution in [1.82, 2.24) is 4.90 Å². The zero-order chi connectivity index (χ0) is 18.5. The van der Waals surface area contributed by atoms with Crippen LogP contribution in [0, 0.1) is 0 Å². The summed E-state index contributed by atoms with van der Waals surface area (Å²) in [5, 5.41) is 4.99. The minimum atomic E-state index is -0.206. The third kappa shape index (κ3) is 3.91. The number of para-hydroxylation sites is 1. The molecule has 0 atom stereocenters. The van der Waals surface area contributed by atoms with Crippen LogP contribution in [0.5, 0.6) is 0 Å². The number of hydrogen-bond donors (Lipinski definition) is 1. The number of aryl methyl sites for hydroxylation is 1. The smallest absolute Gasteiger partial charge is 0.254 e. The molecular weight excluding hydrogens is 324 g/mol. The summed E-state index contributed by atoms with van der Waals surface area (Å²) in [6.07, 6.45) is 0.836. The highest BCUT2D eigenvalue weighted by Gasteiger charge is 2.16. The molecule has 3 rings (SSSR count). The zero-order valence-corrected chi connectivity index (χ0v) is 15.0. The Morgan fingerprint density at radius 2 is 1.62 bits per heavy atom. The second-order valence-electron chi connectivity index (χ2n) is 6.28. The van der Waals surface area contributed by atoms with E-state index < -0.39 is 0 Å². The molecule has 0 aliphatic rings. The van der Waals surface area contributed by atoms with Crippen LogP contribution in [-0.2, 0) is 11.2 Å². The minimum absolute atomic E-state index is 0.00368. The molecule has 0 spiro atoms. The van der Waals surface area contributed by atoms with Crippen molar-refractivity contribution in [3.8, 4) is 0 Å². The summed E-state index contributed by atoms with van der Waals surface area (Å²) < 4.78 is 0. The van der Waals surface area contributed by atoms with Crippen molar-refractivity contribution < 1.29 is 9.59 Å². The van der Waals surface area contributed by atoms with E-state index in [1.807, 2.05) is 67.6 Å². The first-order valence-corrected chi connectivity index (χ1v) is 8.70. The van der Waals surface area contributed by atoms with E-state index in [0.717, 1.165) is 28.4 Å². The Bertz CT molecular complexity index is 950. The first-order valence-electron chi connectivity index (χ1n) is 8.70. The molecule has 0 aromatic heterocycles. The highest BCUT2D eigenvalue weighted by Crippen LogP contribution is 2.17. The lowest BCUT2D eigenvalue weighted by Gasteiger charge is -2.18. The van der Waals surface area contributed by atoms with E-state index >= 15 is 0 Å². The average molecular weight is 346 g/mol. The lowest BCUT2D eigenvalue weighted by atomic mass is 10.1. The van der Waals surface area contributed by atoms with Gasteiger partial charge in [0.05, 0.1) is 6.54 Å². The van der Waals surface area contributed by atoms with Gasteiger partial charge in [-0.2, -0.15) is 0 Å². The number of nitrogens with zero attached hydrogens (tertiary/aromatic N) is 1. The molecule has 0 bridgehead atoms. The van der Waals surface area contributed by atoms with E-state index in [0.29, 0.717) is 5.56 Å². The van der Waals surface area contributed by atoms with E-state index in [4.69, 9.17) is 0 Å². The van der Waals surface area contributed by atoms with Gasteiger partial charge in [0.25, 0.3) is 5.91 Å². The van der Waals surface area contributed by atoms with Crippen LogP contribution in [0.25, 0.3) is 10.8 Å². The first-order chi connectivity index (χ1) is 12.6. The van der Waals surface area contributed by atoms with Crippen molar-refractivity contribution in [1.29, 1.82) is 0 Å². The van der Waals surface area contributed by atoms with Crippen LogP contribution >= 0.6 is 0 Å². The quantitative estimate of drug-likeness (QED) is 0.756. The second-order valence-corrected chi connectivity index (χ2v) is 6.28. The van der Waals surface area contributed by atoms with Crippen molar-refractivity contribution in [2.75, 3.05) is 18.9 Å². The van der Waals surface area contributed by atoms with Crippen LogP contribution in [0.1, 0.15) is 22.8 Å². The standard InChI is InChI=1S/C22H22N2O2/c1-3-16-8-6-7-11-20(16)23-21(25)15-24(2)22(26)19-13-12-17-9-4-5-10-18(17)14-19/h4-14H,3,15H2,1-2H3,(H,23,25). The molecule has 0 unspecified atom stereocenters. The monoisotopic (exact) mass is 346 g/mol. The molecule has 3 aromatic rings. The summed E-state index contributed by atoms with van der Waals surface area (Å²) in [6, 6.07) is 21.2. The number of fused-ring (bicyclic) bond motifs is 1. The fourth-order valence-electron chi connectivity index (χ4n) is 2.97. The van der Waals surface area contributed by atoms with Gasteiger partial charge in [0.15, 0.2) is 0 Å². The lowest BCUT2D eigenvalue weighted by Crippen LogP contribution is -2.35. The Balaban J connectivity index is 1.69. The van der Waals surface area contributed by atoms with E-state index in [2.05, 4.69) is 5.32 Å². The number of amides is 2. The minimum Gasteiger partial charge on any atom is -0.332 e. The van der Waals surface area contributed by atoms with Crippen LogP contribution in [0.4, 0.5) is 5.69 Å². The molecule has 2 amide bonds. The second kappa shape index (κ2) is 7.83. The van der Waals surface area contributed by atoms with E-state index in [9.17, 15) is 9.59 Å². The summed E-state index contributed by atoms with van der Waals surface area (Å²) in [5.74, 6) is -0.378. The number of carbonyl (C=O) groups is 2. The molecule has 0 radical (unpaired) electrons. The maximum absolute atomic E-state index is 12.6. The molecule has 0 saturated heterocycles. The van der Waals surface area contributed by atoms with Gasteiger partial charge in [0, 0.05) is 18.3 Å². The largest absolute Gasteiger partial charge is 0.332 e. The number of likely N-dealkylation sites (N-methyl/N-ethyl adjacent to an activating group) is 1. The number of hydrogen-bond acceptors (Lipinski definition) is 2. The van der Waals surface area contributed by atoms with Gasteiger partial charge in [-0.3, -0.25) is 9.59 Å². The molecule has 4 nitrogen and oxygen atoms in total. The van der Waals surface area contributed by atoms with Gasteiger partial charge in [0.1, 0.15) is 0 Å². The number of benzene rings is 3. The Morgan fingerprint density at radius 1 is 0.923 bits per heavy atom. The van der Waals surface area contributed by atoms with Gasteiger partial charge in [-0.05, 0) is 41.0 Å². The van der Waals surface area contributed by atoms with Gasteiger partial charge in [0.2, 0.25) is 5.91 Å². The summed E-state index contributed by atoms with van der Waals surface area (Å²) in [4.78, 5) is 26.4. The van der Waals surface area contributed by atoms with Gasteiger partial charge >= 0.3 is 0 Å². The maximum Gasteiger partial charge on any atom is 0.254 e. The fraction of sp³-hybridized carbons (Fsp3) is 0.182. The highest BCUT2D eigenvalue weighted by molar-refractivity contribution is 6.01. The molecule has 132 valence electrons. The SMILES string of the molecule is CCc1ccccc1NC(=O)CN(C)C(=O)c1ccc2ccccc2c1. The van der Waals surface area contributed by atoms with Crippen LogP contribution < -0.4 is 5.32 Å². The summed E-state index contributed by atoms with van der Waals surface area (Å²) >= 11 is 0. The molecule has 1 N–H and O–H groups in total. The van der Waals surface area contributed by atoms with Crippen LogP contribution in [0.15, 0.2) is 66.7 Å². The number of nitrogens with one attached hydrogen (secondary N) is 1. The summed E-state index contributed by atoms with van der Waals surface area (Å²) in [5.41, 5.74) is 2.45. The Labute approximate surface area is 153 Å². The third-order valence-electron chi connectivity index (χ3n) is 4.40. The predicted octanol–water partition coefficient (Wildman–Crippen LogP) is 4.11. The first kappa shape index (κ1) is 17.7. The van der Waals surface area contributed by atoms with Crippen molar-refractivity contribution in [2.45, 2.75) is 13.3 Å². The fourth-order valence-corrected chi connectivity index (χ4v) is 2.97. The van der Waals surface area contributed by atoms with Crippen molar-refractivity contribution in [3.05, 3.63) is 77.9 Å². The molecular formula is C22H22N2O2. The predicted molar refractivity (Wildman–Crippen MR) is 105 cm³/mol. The van der Waals surface area contributed by atoms with E-state index in [1.165, 1.54) is 4.90 Å². The molecule has 26 heavy (non-hydrogen) atoms. The van der Waals surface area contributed by atoms with Gasteiger partial charge in [-0.1, -0.05) is 55.5 Å². The number of rotatable bonds is 5. The van der Waals surface area contributed by atoms with Crippen molar-refractivity contribution in [2.24, 2.45) is 0 Å². The number of anilines is 1. The zero-order valence-electron chi connectivity index (χ0n) is 15.0. The Kier molecular flexibility index (Phi) is 5.32. The maximum atomic E-state index is 12.6.